The molecule has 0 atom stereocenters. The van der Waals surface area contributed by atoms with Gasteiger partial charge < -0.3 is 0 Å². The average molecular weight is 373 g/mol. The number of hydrogen-bond acceptors (Lipinski definition) is 1. The first-order valence-electron chi connectivity index (χ1n) is 7.20. The maximum atomic E-state index is 10.6. The molecule has 0 aromatic heterocycles. The molecule has 0 bridgehead atoms. The first kappa shape index (κ1) is 15.4. The Labute approximate surface area is 139 Å². The molecule has 0 fully saturated rings. The van der Waals surface area contributed by atoms with E-state index < -0.39 is 5.31 Å². The van der Waals surface area contributed by atoms with Gasteiger partial charge in [-0.1, -0.05) is 0 Å². The summed E-state index contributed by atoms with van der Waals surface area (Å²) in [6.07, 6.45) is 0.0453. The number of benzene rings is 3. The number of halogens is 1. The number of aliphatic hydroxyl groups excluding tert-OH is 1. The zero-order valence-corrected chi connectivity index (χ0v) is 14.6. The maximum absolute atomic E-state index is 10.6. The van der Waals surface area contributed by atoms with Crippen molar-refractivity contribution in [3.8, 4) is 0 Å². The van der Waals surface area contributed by atoms with Crippen molar-refractivity contribution in [2.75, 3.05) is 6.35 Å². The molecular weight excluding hydrogens is 355 g/mol. The van der Waals surface area contributed by atoms with E-state index in [9.17, 15) is 5.11 Å². The van der Waals surface area contributed by atoms with Crippen LogP contribution >= 0.6 is 20.8 Å². The zero-order valence-electron chi connectivity index (χ0n) is 12.1. The first-order valence-corrected chi connectivity index (χ1v) is 11.6. The van der Waals surface area contributed by atoms with Crippen LogP contribution in [0.25, 0.3) is 0 Å². The summed E-state index contributed by atoms with van der Waals surface area (Å²) in [6.45, 7) is 0. The van der Waals surface area contributed by atoms with Crippen molar-refractivity contribution in [3.63, 3.8) is 0 Å². The van der Waals surface area contributed by atoms with Gasteiger partial charge >= 0.3 is 139 Å². The molecule has 1 N–H and O–H groups in total. The van der Waals surface area contributed by atoms with Crippen molar-refractivity contribution < 1.29 is 5.11 Å². The van der Waals surface area contributed by atoms with Crippen LogP contribution in [0, 0.1) is 0 Å². The van der Waals surface area contributed by atoms with E-state index in [0.717, 1.165) is 15.9 Å². The summed E-state index contributed by atoms with van der Waals surface area (Å²) in [7, 11) is 0. The Morgan fingerprint density at radius 3 is 1.09 bits per heavy atom. The molecule has 0 aliphatic rings. The molecule has 0 amide bonds. The summed E-state index contributed by atoms with van der Waals surface area (Å²) in [5.41, 5.74) is 0. The van der Waals surface area contributed by atoms with Gasteiger partial charge in [-0.3, -0.25) is 0 Å². The Morgan fingerprint density at radius 1 is 0.591 bits per heavy atom. The van der Waals surface area contributed by atoms with Crippen LogP contribution in [0.1, 0.15) is 0 Å². The Bertz CT molecular complexity index is 645. The Hall–Kier alpha value is -1.47. The third-order valence-corrected chi connectivity index (χ3v) is 13.2. The van der Waals surface area contributed by atoms with E-state index in [1.54, 1.807) is 0 Å². The Kier molecular flexibility index (Phi) is 4.18. The number of rotatable bonds is 4. The van der Waals surface area contributed by atoms with Crippen molar-refractivity contribution in [2.45, 2.75) is 0 Å². The van der Waals surface area contributed by atoms with E-state index in [4.69, 9.17) is 0 Å². The van der Waals surface area contributed by atoms with Crippen LogP contribution in [-0.2, 0) is 0 Å². The summed E-state index contributed by atoms with van der Waals surface area (Å²) >= 11 is 4.10. The second-order valence-corrected chi connectivity index (χ2v) is 14.2. The summed E-state index contributed by atoms with van der Waals surface area (Å²) < 4.78 is 0. The predicted octanol–water partition coefficient (Wildman–Crippen LogP) is 3.78. The minimum atomic E-state index is -3.03. The van der Waals surface area contributed by atoms with Gasteiger partial charge in [0.25, 0.3) is 0 Å². The predicted molar refractivity (Wildman–Crippen MR) is 101 cm³/mol. The van der Waals surface area contributed by atoms with E-state index >= 15 is 0 Å². The quantitative estimate of drug-likeness (QED) is 0.691. The molecule has 22 heavy (non-hydrogen) atoms. The van der Waals surface area contributed by atoms with Crippen LogP contribution in [-0.4, -0.2) is 11.5 Å². The van der Waals surface area contributed by atoms with Crippen molar-refractivity contribution in [1.82, 2.24) is 0 Å². The fourth-order valence-corrected chi connectivity index (χ4v) is 8.80. The molecule has 1 nitrogen and oxygen atoms in total. The van der Waals surface area contributed by atoms with Crippen LogP contribution in [0.3, 0.4) is 0 Å². The van der Waals surface area contributed by atoms with Gasteiger partial charge in [-0.25, -0.2) is 0 Å². The zero-order chi connectivity index (χ0) is 15.5. The second kappa shape index (κ2) is 5.96. The molecular formula is C19H18BrOP. The molecule has 3 rings (SSSR count). The molecule has 3 heteroatoms. The SMILES string of the molecule is OCP(Br)(c1ccccc1)(c1ccccc1)c1ccccc1. The van der Waals surface area contributed by atoms with Crippen molar-refractivity contribution in [3.05, 3.63) is 91.0 Å². The van der Waals surface area contributed by atoms with Gasteiger partial charge in [0.05, 0.1) is 0 Å². The Balaban J connectivity index is 2.41. The molecule has 3 aromatic carbocycles. The summed E-state index contributed by atoms with van der Waals surface area (Å²) in [5, 5.41) is 11.0. The normalized spacial score (nSPS) is 13.3. The summed E-state index contributed by atoms with van der Waals surface area (Å²) in [5.74, 6) is 0. The van der Waals surface area contributed by atoms with E-state index in [1.165, 1.54) is 0 Å². The summed E-state index contributed by atoms with van der Waals surface area (Å²) in [4.78, 5) is 0. The van der Waals surface area contributed by atoms with Gasteiger partial charge in [-0.05, 0) is 0 Å². The minimum absolute atomic E-state index is 0.0453. The third kappa shape index (κ3) is 2.23. The van der Waals surface area contributed by atoms with Crippen molar-refractivity contribution >= 4 is 36.7 Å². The van der Waals surface area contributed by atoms with Crippen LogP contribution in [0.2, 0.25) is 0 Å². The van der Waals surface area contributed by atoms with E-state index in [1.807, 2.05) is 54.6 Å². The standard InChI is InChI=1S/C19H18BrOP/c20-22(16-21,17-10-4-1-5-11-17,18-12-6-2-7-13-18)19-14-8-3-9-15-19/h1-15,21H,16H2. The van der Waals surface area contributed by atoms with Crippen LogP contribution in [0.5, 0.6) is 0 Å². The van der Waals surface area contributed by atoms with Gasteiger partial charge in [0.15, 0.2) is 0 Å². The van der Waals surface area contributed by atoms with E-state index in [0.29, 0.717) is 0 Å². The third-order valence-electron chi connectivity index (χ3n) is 4.15. The average Bonchev–Trinajstić information content (AvgIpc) is 2.63. The molecule has 0 spiro atoms. The van der Waals surface area contributed by atoms with Gasteiger partial charge in [0, 0.05) is 0 Å². The van der Waals surface area contributed by atoms with E-state index in [-0.39, 0.29) is 6.35 Å². The first-order chi connectivity index (χ1) is 10.7. The number of hydrogen-bond donors (Lipinski definition) is 1. The van der Waals surface area contributed by atoms with Gasteiger partial charge in [-0.15, -0.1) is 0 Å². The van der Waals surface area contributed by atoms with E-state index in [2.05, 4.69) is 51.9 Å². The second-order valence-electron chi connectivity index (χ2n) is 5.33. The van der Waals surface area contributed by atoms with Crippen LogP contribution < -0.4 is 15.9 Å². The summed E-state index contributed by atoms with van der Waals surface area (Å²) in [6, 6.07) is 30.8. The van der Waals surface area contributed by atoms with Gasteiger partial charge in [0.2, 0.25) is 0 Å². The molecule has 0 saturated heterocycles. The molecule has 112 valence electrons. The topological polar surface area (TPSA) is 20.2 Å². The van der Waals surface area contributed by atoms with Crippen LogP contribution in [0.4, 0.5) is 0 Å². The fraction of sp³-hybridized carbons (Fsp3) is 0.0526. The fourth-order valence-electron chi connectivity index (χ4n) is 2.91. The van der Waals surface area contributed by atoms with Gasteiger partial charge in [-0.2, -0.15) is 0 Å². The molecule has 0 aliphatic carbocycles. The molecule has 0 heterocycles. The van der Waals surface area contributed by atoms with Crippen molar-refractivity contribution in [2.24, 2.45) is 0 Å². The van der Waals surface area contributed by atoms with Gasteiger partial charge in [0.1, 0.15) is 0 Å². The molecule has 0 saturated carbocycles. The molecule has 3 aromatic rings. The number of aliphatic hydroxyl groups is 1. The van der Waals surface area contributed by atoms with Crippen molar-refractivity contribution in [1.29, 1.82) is 0 Å². The monoisotopic (exact) mass is 372 g/mol. The Morgan fingerprint density at radius 2 is 0.864 bits per heavy atom. The molecule has 0 aliphatic heterocycles. The van der Waals surface area contributed by atoms with Crippen LogP contribution in [0.15, 0.2) is 91.0 Å². The molecule has 0 radical (unpaired) electrons. The molecule has 0 unspecified atom stereocenters.